The van der Waals surface area contributed by atoms with Crippen molar-refractivity contribution in [2.75, 3.05) is 26.2 Å². The number of phenols is 1. The molecule has 1 fully saturated rings. The summed E-state index contributed by atoms with van der Waals surface area (Å²) in [5.74, 6) is -0.451. The highest BCUT2D eigenvalue weighted by atomic mass is 32.2. The smallest absolute Gasteiger partial charge is 0.294 e. The largest absolute Gasteiger partial charge is 0.504 e. The lowest BCUT2D eigenvalue weighted by atomic mass is 10.2. The Bertz CT molecular complexity index is 743. The van der Waals surface area contributed by atoms with E-state index < -0.39 is 11.1 Å². The minimum atomic E-state index is -0.494. The number of phenolic OH excluding ortho intramolecular Hbond substituents is 1. The summed E-state index contributed by atoms with van der Waals surface area (Å²) in [4.78, 5) is 39.6. The van der Waals surface area contributed by atoms with Crippen molar-refractivity contribution in [1.82, 2.24) is 9.80 Å². The molecule has 1 heterocycles. The highest BCUT2D eigenvalue weighted by molar-refractivity contribution is 8.18. The van der Waals surface area contributed by atoms with E-state index in [0.29, 0.717) is 31.0 Å². The van der Waals surface area contributed by atoms with Crippen LogP contribution in [0.2, 0.25) is 0 Å². The monoisotopic (exact) mass is 378 g/mol. The average molecular weight is 378 g/mol. The van der Waals surface area contributed by atoms with Crippen LogP contribution in [0.1, 0.15) is 26.3 Å². The molecule has 1 saturated heterocycles. The number of nitrogens with zero attached hydrogens (tertiary/aromatic N) is 2. The van der Waals surface area contributed by atoms with Crippen LogP contribution in [0, 0.1) is 0 Å². The standard InChI is InChI=1S/C18H22N2O5S/c1-4-19(5-2)16(22)11-20-17(23)15(26-18(20)24)10-12-7-8-13(21)14(9-12)25-6-3/h7-10,21H,4-6,11H2,1-3H3/b15-10-. The van der Waals surface area contributed by atoms with Crippen molar-refractivity contribution < 1.29 is 24.2 Å². The van der Waals surface area contributed by atoms with Crippen molar-refractivity contribution >= 4 is 34.9 Å². The normalized spacial score (nSPS) is 15.7. The maximum absolute atomic E-state index is 12.5. The SMILES string of the molecule is CCOc1cc(/C=C2\SC(=O)N(CC(=O)N(CC)CC)C2=O)ccc1O. The molecule has 0 radical (unpaired) electrons. The third-order valence-electron chi connectivity index (χ3n) is 3.86. The minimum absolute atomic E-state index is 0.00178. The number of imide groups is 1. The summed E-state index contributed by atoms with van der Waals surface area (Å²) >= 11 is 0.793. The molecule has 2 rings (SSSR count). The molecule has 0 aliphatic carbocycles. The van der Waals surface area contributed by atoms with Crippen LogP contribution < -0.4 is 4.74 Å². The van der Waals surface area contributed by atoms with Crippen molar-refractivity contribution in [1.29, 1.82) is 0 Å². The van der Waals surface area contributed by atoms with E-state index in [-0.39, 0.29) is 23.1 Å². The summed E-state index contributed by atoms with van der Waals surface area (Å²) in [5.41, 5.74) is 0.617. The van der Waals surface area contributed by atoms with Crippen molar-refractivity contribution in [2.45, 2.75) is 20.8 Å². The van der Waals surface area contributed by atoms with Crippen molar-refractivity contribution in [3.05, 3.63) is 28.7 Å². The van der Waals surface area contributed by atoms with Gasteiger partial charge < -0.3 is 14.7 Å². The first kappa shape index (κ1) is 19.8. The maximum atomic E-state index is 12.5. The average Bonchev–Trinajstić information content (AvgIpc) is 2.86. The summed E-state index contributed by atoms with van der Waals surface area (Å²) in [6.07, 6.45) is 1.55. The molecule has 26 heavy (non-hydrogen) atoms. The van der Waals surface area contributed by atoms with Crippen molar-refractivity contribution in [3.63, 3.8) is 0 Å². The van der Waals surface area contributed by atoms with Crippen LogP contribution in [0.4, 0.5) is 4.79 Å². The molecular formula is C18H22N2O5S. The highest BCUT2D eigenvalue weighted by Gasteiger charge is 2.36. The van der Waals surface area contributed by atoms with Crippen LogP contribution in [0.25, 0.3) is 6.08 Å². The first-order chi connectivity index (χ1) is 12.4. The van der Waals surface area contributed by atoms with Crippen LogP contribution in [-0.4, -0.2) is 58.2 Å². The zero-order chi connectivity index (χ0) is 19.3. The summed E-state index contributed by atoms with van der Waals surface area (Å²) in [7, 11) is 0. The van der Waals surface area contributed by atoms with Gasteiger partial charge in [0, 0.05) is 13.1 Å². The van der Waals surface area contributed by atoms with E-state index in [0.717, 1.165) is 16.7 Å². The van der Waals surface area contributed by atoms with Gasteiger partial charge in [0.05, 0.1) is 11.5 Å². The van der Waals surface area contributed by atoms with Crippen molar-refractivity contribution in [2.24, 2.45) is 0 Å². The Balaban J connectivity index is 2.19. The first-order valence-electron chi connectivity index (χ1n) is 8.40. The van der Waals surface area contributed by atoms with E-state index in [2.05, 4.69) is 0 Å². The number of aromatic hydroxyl groups is 1. The Morgan fingerprint density at radius 1 is 1.27 bits per heavy atom. The molecule has 0 saturated carbocycles. The molecule has 1 aliphatic rings. The van der Waals surface area contributed by atoms with Gasteiger partial charge in [-0.05, 0) is 56.3 Å². The number of benzene rings is 1. The van der Waals surface area contributed by atoms with E-state index in [4.69, 9.17) is 4.74 Å². The Labute approximate surface area is 156 Å². The number of amides is 3. The van der Waals surface area contributed by atoms with E-state index >= 15 is 0 Å². The fourth-order valence-electron chi connectivity index (χ4n) is 2.49. The Hall–Kier alpha value is -2.48. The molecule has 1 aliphatic heterocycles. The van der Waals surface area contributed by atoms with E-state index in [1.807, 2.05) is 13.8 Å². The molecular weight excluding hydrogens is 356 g/mol. The number of hydrogen-bond acceptors (Lipinski definition) is 6. The highest BCUT2D eigenvalue weighted by Crippen LogP contribution is 2.34. The predicted molar refractivity (Wildman–Crippen MR) is 99.9 cm³/mol. The molecule has 8 heteroatoms. The molecule has 0 aromatic heterocycles. The van der Waals surface area contributed by atoms with Gasteiger partial charge in [-0.1, -0.05) is 6.07 Å². The lowest BCUT2D eigenvalue weighted by Gasteiger charge is -2.21. The quantitative estimate of drug-likeness (QED) is 0.734. The van der Waals surface area contributed by atoms with Gasteiger partial charge in [-0.25, -0.2) is 0 Å². The molecule has 1 N–H and O–H groups in total. The number of rotatable bonds is 7. The molecule has 1 aromatic carbocycles. The number of carbonyl (C=O) groups excluding carboxylic acids is 3. The van der Waals surface area contributed by atoms with E-state index in [9.17, 15) is 19.5 Å². The van der Waals surface area contributed by atoms with Crippen LogP contribution in [0.3, 0.4) is 0 Å². The Kier molecular flexibility index (Phi) is 6.68. The molecule has 1 aromatic rings. The Morgan fingerprint density at radius 3 is 2.58 bits per heavy atom. The van der Waals surface area contributed by atoms with Crippen LogP contribution in [0.5, 0.6) is 11.5 Å². The molecule has 0 atom stereocenters. The van der Waals surface area contributed by atoms with Gasteiger partial charge in [-0.3, -0.25) is 19.3 Å². The van der Waals surface area contributed by atoms with Crippen LogP contribution >= 0.6 is 11.8 Å². The van der Waals surface area contributed by atoms with E-state index in [1.54, 1.807) is 30.0 Å². The van der Waals surface area contributed by atoms with Gasteiger partial charge in [0.15, 0.2) is 11.5 Å². The van der Waals surface area contributed by atoms with Gasteiger partial charge in [0.1, 0.15) is 6.54 Å². The van der Waals surface area contributed by atoms with Crippen LogP contribution in [0.15, 0.2) is 23.1 Å². The lowest BCUT2D eigenvalue weighted by molar-refractivity contribution is -0.135. The Morgan fingerprint density at radius 2 is 1.96 bits per heavy atom. The number of hydrogen-bond donors (Lipinski definition) is 1. The van der Waals surface area contributed by atoms with Crippen molar-refractivity contribution in [3.8, 4) is 11.5 Å². The lowest BCUT2D eigenvalue weighted by Crippen LogP contribution is -2.41. The number of carbonyl (C=O) groups is 3. The summed E-state index contributed by atoms with van der Waals surface area (Å²) in [6, 6.07) is 4.67. The minimum Gasteiger partial charge on any atom is -0.504 e. The maximum Gasteiger partial charge on any atom is 0.294 e. The summed E-state index contributed by atoms with van der Waals surface area (Å²) in [6.45, 7) is 6.66. The molecule has 0 unspecified atom stereocenters. The number of likely N-dealkylation sites (N-methyl/N-ethyl adjacent to an activating group) is 1. The summed E-state index contributed by atoms with van der Waals surface area (Å²) in [5, 5.41) is 9.27. The topological polar surface area (TPSA) is 87.2 Å². The van der Waals surface area contributed by atoms with E-state index in [1.165, 1.54) is 6.07 Å². The van der Waals surface area contributed by atoms with Gasteiger partial charge in [-0.2, -0.15) is 0 Å². The number of thioether (sulfide) groups is 1. The zero-order valence-corrected chi connectivity index (χ0v) is 15.8. The van der Waals surface area contributed by atoms with Gasteiger partial charge >= 0.3 is 0 Å². The zero-order valence-electron chi connectivity index (χ0n) is 15.0. The van der Waals surface area contributed by atoms with Crippen LogP contribution in [-0.2, 0) is 9.59 Å². The third-order valence-corrected chi connectivity index (χ3v) is 4.77. The number of ether oxygens (including phenoxy) is 1. The summed E-state index contributed by atoms with van der Waals surface area (Å²) < 4.78 is 5.32. The molecule has 3 amide bonds. The second kappa shape index (κ2) is 8.75. The predicted octanol–water partition coefficient (Wildman–Crippen LogP) is 2.70. The molecule has 140 valence electrons. The van der Waals surface area contributed by atoms with Gasteiger partial charge in [-0.15, -0.1) is 0 Å². The first-order valence-corrected chi connectivity index (χ1v) is 9.21. The fraction of sp³-hybridized carbons (Fsp3) is 0.389. The molecule has 0 bridgehead atoms. The second-order valence-electron chi connectivity index (χ2n) is 5.49. The van der Waals surface area contributed by atoms with Gasteiger partial charge in [0.2, 0.25) is 5.91 Å². The third kappa shape index (κ3) is 4.37. The molecule has 7 nitrogen and oxygen atoms in total. The fourth-order valence-corrected chi connectivity index (χ4v) is 3.33. The molecule has 0 spiro atoms. The second-order valence-corrected chi connectivity index (χ2v) is 6.49. The van der Waals surface area contributed by atoms with Gasteiger partial charge in [0.25, 0.3) is 11.1 Å².